The summed E-state index contributed by atoms with van der Waals surface area (Å²) < 4.78 is 6.98. The van der Waals surface area contributed by atoms with Crippen LogP contribution in [0.2, 0.25) is 0 Å². The van der Waals surface area contributed by atoms with Gasteiger partial charge in [0.2, 0.25) is 5.95 Å². The Bertz CT molecular complexity index is 1280. The van der Waals surface area contributed by atoms with Gasteiger partial charge in [-0.3, -0.25) is 4.98 Å². The lowest BCUT2D eigenvalue weighted by molar-refractivity contribution is 0.414. The molecule has 3 heterocycles. The van der Waals surface area contributed by atoms with Crippen molar-refractivity contribution in [2.24, 2.45) is 0 Å². The van der Waals surface area contributed by atoms with Crippen molar-refractivity contribution in [3.05, 3.63) is 78.6 Å². The van der Waals surface area contributed by atoms with Crippen LogP contribution < -0.4 is 10.1 Å². The number of ether oxygens (including phenoxy) is 1. The molecule has 0 unspecified atom stereocenters. The summed E-state index contributed by atoms with van der Waals surface area (Å²) in [5.41, 5.74) is 3.59. The van der Waals surface area contributed by atoms with Crippen LogP contribution >= 0.6 is 0 Å². The van der Waals surface area contributed by atoms with Gasteiger partial charge in [0.25, 0.3) is 0 Å². The molecule has 7 heteroatoms. The molecular weight excluding hydrogens is 364 g/mol. The topological polar surface area (TPSA) is 77.2 Å². The Labute approximate surface area is 167 Å². The van der Waals surface area contributed by atoms with Crippen molar-refractivity contribution in [2.75, 3.05) is 12.4 Å². The van der Waals surface area contributed by atoms with E-state index in [2.05, 4.69) is 10.3 Å². The zero-order valence-electron chi connectivity index (χ0n) is 15.8. The molecule has 0 radical (unpaired) electrons. The van der Waals surface area contributed by atoms with Gasteiger partial charge in [-0.25, -0.2) is 9.97 Å². The fourth-order valence-corrected chi connectivity index (χ4v) is 3.21. The largest absolute Gasteiger partial charge is 0.497 e. The molecule has 0 aliphatic rings. The van der Waals surface area contributed by atoms with Crippen LogP contribution in [0.15, 0.2) is 73.1 Å². The molecule has 0 saturated carbocycles. The van der Waals surface area contributed by atoms with Crippen LogP contribution in [0, 0.1) is 0 Å². The Kier molecular flexibility index (Phi) is 4.25. The van der Waals surface area contributed by atoms with Gasteiger partial charge in [-0.2, -0.15) is 4.52 Å². The molecule has 3 aromatic heterocycles. The van der Waals surface area contributed by atoms with Crippen molar-refractivity contribution in [2.45, 2.75) is 6.54 Å². The first kappa shape index (κ1) is 17.1. The van der Waals surface area contributed by atoms with Crippen molar-refractivity contribution < 1.29 is 4.74 Å². The number of para-hydroxylation sites is 1. The summed E-state index contributed by atoms with van der Waals surface area (Å²) in [4.78, 5) is 13.7. The lowest BCUT2D eigenvalue weighted by Gasteiger charge is -2.09. The average molecular weight is 382 g/mol. The van der Waals surface area contributed by atoms with E-state index in [0.29, 0.717) is 18.3 Å². The highest BCUT2D eigenvalue weighted by molar-refractivity contribution is 5.92. The summed E-state index contributed by atoms with van der Waals surface area (Å²) in [6.45, 7) is 0.604. The molecule has 142 valence electrons. The molecule has 1 N–H and O–H groups in total. The molecule has 5 aromatic rings. The standard InChI is InChI=1S/C22H18N6O/c1-29-17-10-8-15(9-11-17)13-24-22-25-19-7-3-2-6-18(19)21-26-20(27-28(21)22)16-5-4-12-23-14-16/h2-12,14H,13H2,1H3,(H,24,25). The van der Waals surface area contributed by atoms with Gasteiger partial charge < -0.3 is 10.1 Å². The van der Waals surface area contributed by atoms with E-state index in [4.69, 9.17) is 19.8 Å². The van der Waals surface area contributed by atoms with Gasteiger partial charge in [-0.15, -0.1) is 5.10 Å². The highest BCUT2D eigenvalue weighted by Crippen LogP contribution is 2.24. The van der Waals surface area contributed by atoms with Crippen LogP contribution in [0.1, 0.15) is 5.56 Å². The maximum absolute atomic E-state index is 5.22. The minimum Gasteiger partial charge on any atom is -0.497 e. The van der Waals surface area contributed by atoms with E-state index in [-0.39, 0.29) is 0 Å². The molecule has 0 atom stereocenters. The number of hydrogen-bond donors (Lipinski definition) is 1. The molecule has 0 aliphatic heterocycles. The number of fused-ring (bicyclic) bond motifs is 3. The van der Waals surface area contributed by atoms with Crippen molar-refractivity contribution in [1.29, 1.82) is 0 Å². The summed E-state index contributed by atoms with van der Waals surface area (Å²) in [7, 11) is 1.66. The lowest BCUT2D eigenvalue weighted by atomic mass is 10.2. The molecule has 7 nitrogen and oxygen atoms in total. The molecule has 29 heavy (non-hydrogen) atoms. The van der Waals surface area contributed by atoms with E-state index in [1.807, 2.05) is 60.7 Å². The fourth-order valence-electron chi connectivity index (χ4n) is 3.21. The van der Waals surface area contributed by atoms with Gasteiger partial charge >= 0.3 is 0 Å². The summed E-state index contributed by atoms with van der Waals surface area (Å²) in [6.07, 6.45) is 3.49. The first-order valence-corrected chi connectivity index (χ1v) is 9.24. The number of pyridine rings is 1. The summed E-state index contributed by atoms with van der Waals surface area (Å²) in [5, 5.41) is 9.03. The van der Waals surface area contributed by atoms with E-state index in [1.54, 1.807) is 24.0 Å². The van der Waals surface area contributed by atoms with Gasteiger partial charge in [0.05, 0.1) is 12.6 Å². The number of benzene rings is 2. The Morgan fingerprint density at radius 2 is 1.83 bits per heavy atom. The van der Waals surface area contributed by atoms with E-state index < -0.39 is 0 Å². The SMILES string of the molecule is COc1ccc(CNc2nc3ccccc3c3nc(-c4cccnc4)nn23)cc1. The lowest BCUT2D eigenvalue weighted by Crippen LogP contribution is -2.08. The quantitative estimate of drug-likeness (QED) is 0.496. The van der Waals surface area contributed by atoms with Crippen molar-refractivity contribution >= 4 is 22.5 Å². The van der Waals surface area contributed by atoms with Gasteiger partial charge in [0, 0.05) is 29.9 Å². The van der Waals surface area contributed by atoms with Crippen LogP contribution in [-0.4, -0.2) is 31.7 Å². The number of methoxy groups -OCH3 is 1. The van der Waals surface area contributed by atoms with E-state index in [9.17, 15) is 0 Å². The molecule has 0 aliphatic carbocycles. The Morgan fingerprint density at radius 1 is 0.966 bits per heavy atom. The monoisotopic (exact) mass is 382 g/mol. The number of hydrogen-bond acceptors (Lipinski definition) is 6. The van der Waals surface area contributed by atoms with Crippen LogP contribution in [0.5, 0.6) is 5.75 Å². The second-order valence-electron chi connectivity index (χ2n) is 6.57. The Morgan fingerprint density at radius 3 is 2.62 bits per heavy atom. The molecule has 2 aromatic carbocycles. The zero-order chi connectivity index (χ0) is 19.6. The van der Waals surface area contributed by atoms with Crippen LogP contribution in [0.4, 0.5) is 5.95 Å². The van der Waals surface area contributed by atoms with E-state index >= 15 is 0 Å². The maximum atomic E-state index is 5.22. The number of rotatable bonds is 5. The van der Waals surface area contributed by atoms with Crippen LogP contribution in [-0.2, 0) is 6.54 Å². The molecular formula is C22H18N6O. The van der Waals surface area contributed by atoms with Gasteiger partial charge in [-0.1, -0.05) is 24.3 Å². The smallest absolute Gasteiger partial charge is 0.226 e. The highest BCUT2D eigenvalue weighted by atomic mass is 16.5. The van der Waals surface area contributed by atoms with Crippen molar-refractivity contribution in [1.82, 2.24) is 24.6 Å². The predicted octanol–water partition coefficient (Wildman–Crippen LogP) is 3.96. The minimum absolute atomic E-state index is 0.604. The van der Waals surface area contributed by atoms with Gasteiger partial charge in [0.15, 0.2) is 11.5 Å². The van der Waals surface area contributed by atoms with Gasteiger partial charge in [0.1, 0.15) is 5.75 Å². The predicted molar refractivity (Wildman–Crippen MR) is 112 cm³/mol. The zero-order valence-corrected chi connectivity index (χ0v) is 15.8. The Hall–Kier alpha value is -4.00. The molecule has 0 saturated heterocycles. The van der Waals surface area contributed by atoms with Gasteiger partial charge in [-0.05, 0) is 42.0 Å². The summed E-state index contributed by atoms with van der Waals surface area (Å²) in [6, 6.07) is 19.7. The number of nitrogens with one attached hydrogen (secondary N) is 1. The summed E-state index contributed by atoms with van der Waals surface area (Å²) >= 11 is 0. The molecule has 0 bridgehead atoms. The number of anilines is 1. The molecule has 5 rings (SSSR count). The van der Waals surface area contributed by atoms with Crippen LogP contribution in [0.25, 0.3) is 27.9 Å². The first-order chi connectivity index (χ1) is 14.3. The maximum Gasteiger partial charge on any atom is 0.226 e. The molecule has 0 spiro atoms. The average Bonchev–Trinajstić information content (AvgIpc) is 3.24. The number of nitrogens with zero attached hydrogens (tertiary/aromatic N) is 5. The minimum atomic E-state index is 0.604. The third kappa shape index (κ3) is 3.23. The third-order valence-corrected chi connectivity index (χ3v) is 4.71. The van der Waals surface area contributed by atoms with Crippen molar-refractivity contribution in [3.63, 3.8) is 0 Å². The molecule has 0 amide bonds. The van der Waals surface area contributed by atoms with Crippen LogP contribution in [0.3, 0.4) is 0 Å². The fraction of sp³-hybridized carbons (Fsp3) is 0.0909. The first-order valence-electron chi connectivity index (χ1n) is 9.24. The second-order valence-corrected chi connectivity index (χ2v) is 6.57. The summed E-state index contributed by atoms with van der Waals surface area (Å²) in [5.74, 6) is 2.08. The Balaban J connectivity index is 1.58. The van der Waals surface area contributed by atoms with Crippen molar-refractivity contribution in [3.8, 4) is 17.1 Å². The highest BCUT2D eigenvalue weighted by Gasteiger charge is 2.14. The normalized spacial score (nSPS) is 11.1. The van der Waals surface area contributed by atoms with E-state index in [1.165, 1.54) is 0 Å². The molecule has 0 fully saturated rings. The van der Waals surface area contributed by atoms with E-state index in [0.717, 1.165) is 33.4 Å². The number of aromatic nitrogens is 5. The third-order valence-electron chi connectivity index (χ3n) is 4.71. The second kappa shape index (κ2) is 7.20.